The average molecular weight is 442 g/mol. The van der Waals surface area contributed by atoms with Crippen molar-refractivity contribution >= 4 is 22.6 Å². The van der Waals surface area contributed by atoms with Gasteiger partial charge in [0.25, 0.3) is 0 Å². The number of hydrogen-bond acceptors (Lipinski definition) is 4. The summed E-state index contributed by atoms with van der Waals surface area (Å²) in [5.41, 5.74) is 2.72. The van der Waals surface area contributed by atoms with Crippen LogP contribution in [0.3, 0.4) is 0 Å². The number of halogens is 2. The van der Waals surface area contributed by atoms with Gasteiger partial charge in [0.05, 0.1) is 31.0 Å². The summed E-state index contributed by atoms with van der Waals surface area (Å²) in [7, 11) is 3.58. The minimum atomic E-state index is -0.816. The van der Waals surface area contributed by atoms with Crippen LogP contribution in [0.5, 0.6) is 5.75 Å². The summed E-state index contributed by atoms with van der Waals surface area (Å²) in [6.07, 6.45) is 0. The number of aliphatic hydroxyl groups excluding tert-OH is 1. The molecule has 5 rings (SSSR count). The van der Waals surface area contributed by atoms with Crippen LogP contribution in [0, 0.1) is 11.6 Å². The zero-order valence-electron chi connectivity index (χ0n) is 17.8. The molecule has 7 nitrogen and oxygen atoms in total. The first-order chi connectivity index (χ1) is 15.4. The fourth-order valence-corrected chi connectivity index (χ4v) is 5.07. The second kappa shape index (κ2) is 7.46. The number of rotatable bonds is 3. The number of aliphatic hydroxyl groups is 1. The maximum absolute atomic E-state index is 13.9. The van der Waals surface area contributed by atoms with Gasteiger partial charge in [-0.25, -0.2) is 13.6 Å². The smallest absolute Gasteiger partial charge is 0.321 e. The van der Waals surface area contributed by atoms with Crippen LogP contribution in [0.2, 0.25) is 0 Å². The highest BCUT2D eigenvalue weighted by molar-refractivity contribution is 5.92. The van der Waals surface area contributed by atoms with E-state index >= 15 is 0 Å². The molecule has 2 aliphatic heterocycles. The van der Waals surface area contributed by atoms with E-state index in [1.807, 2.05) is 25.2 Å². The number of anilines is 1. The summed E-state index contributed by atoms with van der Waals surface area (Å²) < 4.78 is 34.5. The molecular weight excluding hydrogens is 418 g/mol. The molecule has 168 valence electrons. The normalized spacial score (nSPS) is 19.0. The number of carbonyl (C=O) groups excluding carboxylic acids is 1. The monoisotopic (exact) mass is 442 g/mol. The Morgan fingerprint density at radius 2 is 2.06 bits per heavy atom. The van der Waals surface area contributed by atoms with E-state index in [-0.39, 0.29) is 23.8 Å². The lowest BCUT2D eigenvalue weighted by Crippen LogP contribution is -2.67. The lowest BCUT2D eigenvalue weighted by Gasteiger charge is -2.53. The van der Waals surface area contributed by atoms with Crippen molar-refractivity contribution in [3.8, 4) is 5.75 Å². The van der Waals surface area contributed by atoms with Crippen molar-refractivity contribution in [1.29, 1.82) is 0 Å². The van der Waals surface area contributed by atoms with Crippen LogP contribution >= 0.6 is 0 Å². The largest absolute Gasteiger partial charge is 0.497 e. The SMILES string of the molecule is COc1ccc2c3c(n(C)c2c1)[C@H](CO)NCC31CN(C(=O)Nc2ccc(F)cc2F)C1. The second-order valence-corrected chi connectivity index (χ2v) is 8.51. The summed E-state index contributed by atoms with van der Waals surface area (Å²) in [6, 6.07) is 8.30. The standard InChI is InChI=1S/C23H24F2N4O3/c1-28-19-8-14(32-2)4-5-15(19)20-21(28)18(9-30)26-10-23(20)11-29(12-23)22(31)27-17-6-3-13(24)7-16(17)25/h3-8,18,26,30H,9-12H2,1-2H3,(H,27,31)/t18-/m0/s1. The number of amides is 2. The van der Waals surface area contributed by atoms with Crippen molar-refractivity contribution in [3.05, 3.63) is 59.3 Å². The van der Waals surface area contributed by atoms with Crippen LogP contribution in [-0.2, 0) is 12.5 Å². The van der Waals surface area contributed by atoms with Crippen LogP contribution < -0.4 is 15.4 Å². The molecule has 1 spiro atoms. The maximum Gasteiger partial charge on any atom is 0.321 e. The van der Waals surface area contributed by atoms with Crippen molar-refractivity contribution in [1.82, 2.24) is 14.8 Å². The molecular formula is C23H24F2N4O3. The van der Waals surface area contributed by atoms with E-state index in [4.69, 9.17) is 4.74 Å². The predicted molar refractivity (Wildman–Crippen MR) is 116 cm³/mol. The zero-order valence-corrected chi connectivity index (χ0v) is 17.8. The van der Waals surface area contributed by atoms with Gasteiger partial charge in [-0.15, -0.1) is 0 Å². The molecule has 2 aromatic carbocycles. The number of carbonyl (C=O) groups is 1. The molecule has 0 saturated carbocycles. The number of urea groups is 1. The van der Waals surface area contributed by atoms with E-state index in [9.17, 15) is 18.7 Å². The van der Waals surface area contributed by atoms with E-state index in [0.29, 0.717) is 19.6 Å². The lowest BCUT2D eigenvalue weighted by molar-refractivity contribution is 0.0834. The van der Waals surface area contributed by atoms with Gasteiger partial charge in [-0.2, -0.15) is 0 Å². The second-order valence-electron chi connectivity index (χ2n) is 8.51. The molecule has 1 aromatic heterocycles. The third kappa shape index (κ3) is 3.03. The molecule has 3 heterocycles. The number of benzene rings is 2. The van der Waals surface area contributed by atoms with Gasteiger partial charge in [0.1, 0.15) is 17.4 Å². The van der Waals surface area contributed by atoms with E-state index < -0.39 is 17.7 Å². The number of ether oxygens (including phenoxy) is 1. The van der Waals surface area contributed by atoms with Crippen molar-refractivity contribution in [2.45, 2.75) is 11.5 Å². The molecule has 2 aliphatic rings. The molecule has 0 radical (unpaired) electrons. The van der Waals surface area contributed by atoms with Gasteiger partial charge in [0.2, 0.25) is 0 Å². The highest BCUT2D eigenvalue weighted by Gasteiger charge is 2.52. The zero-order chi connectivity index (χ0) is 22.6. The third-order valence-electron chi connectivity index (χ3n) is 6.63. The number of fused-ring (bicyclic) bond motifs is 4. The number of likely N-dealkylation sites (tertiary alicyclic amines) is 1. The van der Waals surface area contributed by atoms with E-state index in [0.717, 1.165) is 40.0 Å². The number of nitrogens with one attached hydrogen (secondary N) is 2. The Kier molecular flexibility index (Phi) is 4.83. The molecule has 1 fully saturated rings. The first-order valence-corrected chi connectivity index (χ1v) is 10.4. The summed E-state index contributed by atoms with van der Waals surface area (Å²) in [4.78, 5) is 14.3. The van der Waals surface area contributed by atoms with E-state index in [1.54, 1.807) is 12.0 Å². The minimum Gasteiger partial charge on any atom is -0.497 e. The Labute approximate surface area is 183 Å². The predicted octanol–water partition coefficient (Wildman–Crippen LogP) is 2.89. The van der Waals surface area contributed by atoms with Gasteiger partial charge in [-0.3, -0.25) is 0 Å². The number of nitrogens with zero attached hydrogens (tertiary/aromatic N) is 2. The van der Waals surface area contributed by atoms with Gasteiger partial charge in [0, 0.05) is 55.3 Å². The summed E-state index contributed by atoms with van der Waals surface area (Å²) in [5.74, 6) is -0.770. The lowest BCUT2D eigenvalue weighted by atomic mass is 9.69. The molecule has 2 amide bonds. The summed E-state index contributed by atoms with van der Waals surface area (Å²) in [5, 5.41) is 17.0. The topological polar surface area (TPSA) is 78.8 Å². The minimum absolute atomic E-state index is 0.0432. The summed E-state index contributed by atoms with van der Waals surface area (Å²) in [6.45, 7) is 1.43. The highest BCUT2D eigenvalue weighted by atomic mass is 19.1. The molecule has 3 N–H and O–H groups in total. The van der Waals surface area contributed by atoms with Crippen LogP contribution in [0.25, 0.3) is 10.9 Å². The van der Waals surface area contributed by atoms with E-state index in [1.165, 1.54) is 6.07 Å². The van der Waals surface area contributed by atoms with Gasteiger partial charge >= 0.3 is 6.03 Å². The van der Waals surface area contributed by atoms with E-state index in [2.05, 4.69) is 15.2 Å². The molecule has 1 saturated heterocycles. The first kappa shape index (κ1) is 20.7. The Balaban J connectivity index is 1.46. The van der Waals surface area contributed by atoms with Gasteiger partial charge < -0.3 is 29.9 Å². The van der Waals surface area contributed by atoms with Gasteiger partial charge in [-0.05, 0) is 29.8 Å². The average Bonchev–Trinajstić information content (AvgIpc) is 3.06. The van der Waals surface area contributed by atoms with Crippen LogP contribution in [0.15, 0.2) is 36.4 Å². The Hall–Kier alpha value is -3.17. The van der Waals surface area contributed by atoms with Crippen molar-refractivity contribution in [2.24, 2.45) is 7.05 Å². The molecule has 0 bridgehead atoms. The molecule has 0 unspecified atom stereocenters. The maximum atomic E-state index is 13.9. The van der Waals surface area contributed by atoms with Crippen LogP contribution in [0.4, 0.5) is 19.3 Å². The Bertz CT molecular complexity index is 1220. The number of aryl methyl sites for hydroxylation is 1. The van der Waals surface area contributed by atoms with Crippen molar-refractivity contribution in [2.75, 3.05) is 38.7 Å². The highest BCUT2D eigenvalue weighted by Crippen LogP contribution is 2.46. The molecule has 9 heteroatoms. The molecule has 32 heavy (non-hydrogen) atoms. The van der Waals surface area contributed by atoms with Gasteiger partial charge in [-0.1, -0.05) is 0 Å². The Morgan fingerprint density at radius 3 is 2.75 bits per heavy atom. The fraction of sp³-hybridized carbons (Fsp3) is 0.348. The third-order valence-corrected chi connectivity index (χ3v) is 6.63. The molecule has 1 atom stereocenters. The molecule has 3 aromatic rings. The van der Waals surface area contributed by atoms with Crippen molar-refractivity contribution < 1.29 is 23.4 Å². The fourth-order valence-electron chi connectivity index (χ4n) is 5.07. The van der Waals surface area contributed by atoms with Crippen LogP contribution in [0.1, 0.15) is 17.3 Å². The Morgan fingerprint density at radius 1 is 1.28 bits per heavy atom. The summed E-state index contributed by atoms with van der Waals surface area (Å²) >= 11 is 0. The number of aromatic nitrogens is 1. The van der Waals surface area contributed by atoms with Crippen LogP contribution in [-0.4, -0.2) is 54.0 Å². The molecule has 0 aliphatic carbocycles. The number of hydrogen-bond donors (Lipinski definition) is 3. The van der Waals surface area contributed by atoms with Crippen molar-refractivity contribution in [3.63, 3.8) is 0 Å². The quantitative estimate of drug-likeness (QED) is 0.583. The van der Waals surface area contributed by atoms with Gasteiger partial charge in [0.15, 0.2) is 0 Å². The number of methoxy groups -OCH3 is 1. The first-order valence-electron chi connectivity index (χ1n) is 10.4.